The molecule has 0 amide bonds. The van der Waals surface area contributed by atoms with Crippen LogP contribution in [0.1, 0.15) is 54.4 Å². The third-order valence-electron chi connectivity index (χ3n) is 3.93. The third kappa shape index (κ3) is 31.6. The molecule has 0 radical (unpaired) electrons. The van der Waals surface area contributed by atoms with Crippen molar-refractivity contribution in [2.75, 3.05) is 90.8 Å². The summed E-state index contributed by atoms with van der Waals surface area (Å²) in [6.07, 6.45) is 0.487. The van der Waals surface area contributed by atoms with E-state index in [4.69, 9.17) is 37.9 Å². The summed E-state index contributed by atoms with van der Waals surface area (Å²) in [5.41, 5.74) is -0.929. The first kappa shape index (κ1) is 37.4. The Labute approximate surface area is 237 Å². The maximum absolute atomic E-state index is 11.5. The molecular formula is C26H50O10S2. The van der Waals surface area contributed by atoms with Crippen molar-refractivity contribution < 1.29 is 47.5 Å². The van der Waals surface area contributed by atoms with E-state index >= 15 is 0 Å². The Balaban J connectivity index is 3.18. The summed E-state index contributed by atoms with van der Waals surface area (Å²) >= 11 is 0. The van der Waals surface area contributed by atoms with Crippen molar-refractivity contribution in [1.82, 2.24) is 0 Å². The Morgan fingerprint density at radius 1 is 0.447 bits per heavy atom. The van der Waals surface area contributed by atoms with Gasteiger partial charge in [-0.05, 0) is 41.5 Å². The molecular weight excluding hydrogens is 536 g/mol. The van der Waals surface area contributed by atoms with Crippen LogP contribution in [0, 0.1) is 0 Å². The van der Waals surface area contributed by atoms with Crippen LogP contribution in [0.25, 0.3) is 0 Å². The molecule has 10 nitrogen and oxygen atoms in total. The third-order valence-corrected chi connectivity index (χ3v) is 6.27. The molecule has 38 heavy (non-hydrogen) atoms. The Hall–Kier alpha value is -0.600. The number of ether oxygens (including phenoxy) is 8. The molecule has 0 saturated heterocycles. The van der Waals surface area contributed by atoms with Gasteiger partial charge in [0.2, 0.25) is 0 Å². The second-order valence-electron chi connectivity index (χ2n) is 9.99. The average molecular weight is 587 g/mol. The van der Waals surface area contributed by atoms with Crippen molar-refractivity contribution in [2.24, 2.45) is 0 Å². The monoisotopic (exact) mass is 586 g/mol. The molecule has 0 heterocycles. The lowest BCUT2D eigenvalue weighted by molar-refractivity contribution is -0.157. The van der Waals surface area contributed by atoms with Crippen LogP contribution in [0.2, 0.25) is 0 Å². The molecule has 0 N–H and O–H groups in total. The molecule has 0 bridgehead atoms. The van der Waals surface area contributed by atoms with Gasteiger partial charge in [0.15, 0.2) is 0 Å². The van der Waals surface area contributed by atoms with E-state index in [0.717, 1.165) is 11.5 Å². The van der Waals surface area contributed by atoms with Gasteiger partial charge in [0.05, 0.1) is 92.1 Å². The number of rotatable bonds is 25. The number of carbonyl (C=O) groups excluding carboxylic acids is 2. The second kappa shape index (κ2) is 24.2. The van der Waals surface area contributed by atoms with Gasteiger partial charge in [-0.15, -0.1) is 0 Å². The highest BCUT2D eigenvalue weighted by Crippen LogP contribution is 2.20. The van der Waals surface area contributed by atoms with Crippen LogP contribution in [0.4, 0.5) is 0 Å². The van der Waals surface area contributed by atoms with E-state index in [1.54, 1.807) is 21.6 Å². The lowest BCUT2D eigenvalue weighted by atomic mass is 10.2. The highest BCUT2D eigenvalue weighted by Gasteiger charge is 2.16. The molecule has 0 aromatic rings. The SMILES string of the molecule is CC(C)(C)OC(=O)CCOCCOCCOCCSSCCOCCOCCOCCC(=O)OC(C)(C)C. The number of carbonyl (C=O) groups is 2. The van der Waals surface area contributed by atoms with Gasteiger partial charge < -0.3 is 37.9 Å². The molecule has 226 valence electrons. The highest BCUT2D eigenvalue weighted by atomic mass is 33.1. The smallest absolute Gasteiger partial charge is 0.308 e. The van der Waals surface area contributed by atoms with Gasteiger partial charge in [-0.3, -0.25) is 9.59 Å². The molecule has 0 aliphatic carbocycles. The van der Waals surface area contributed by atoms with Crippen LogP contribution < -0.4 is 0 Å². The Morgan fingerprint density at radius 3 is 1.00 bits per heavy atom. The predicted octanol–water partition coefficient (Wildman–Crippen LogP) is 3.93. The number of hydrogen-bond acceptors (Lipinski definition) is 12. The summed E-state index contributed by atoms with van der Waals surface area (Å²) in [6, 6.07) is 0. The van der Waals surface area contributed by atoms with Crippen LogP contribution in [-0.4, -0.2) is 114 Å². The van der Waals surface area contributed by atoms with Gasteiger partial charge in [-0.25, -0.2) is 0 Å². The quantitative estimate of drug-likeness (QED) is 0.0879. The molecule has 0 aromatic heterocycles. The summed E-state index contributed by atoms with van der Waals surface area (Å²) in [5.74, 6) is 1.28. The summed E-state index contributed by atoms with van der Waals surface area (Å²) < 4.78 is 43.1. The molecule has 0 saturated carbocycles. The molecule has 0 atom stereocenters. The van der Waals surface area contributed by atoms with Crippen molar-refractivity contribution in [3.05, 3.63) is 0 Å². The first-order chi connectivity index (χ1) is 18.0. The summed E-state index contributed by atoms with van der Waals surface area (Å²) in [7, 11) is 3.51. The minimum Gasteiger partial charge on any atom is -0.460 e. The van der Waals surface area contributed by atoms with E-state index < -0.39 is 11.2 Å². The first-order valence-corrected chi connectivity index (χ1v) is 15.6. The number of hydrogen-bond donors (Lipinski definition) is 0. The Kier molecular flexibility index (Phi) is 23.8. The van der Waals surface area contributed by atoms with Gasteiger partial charge in [0, 0.05) is 11.5 Å². The lowest BCUT2D eigenvalue weighted by Crippen LogP contribution is -2.24. The molecule has 0 aliphatic rings. The molecule has 0 spiro atoms. The fourth-order valence-electron chi connectivity index (χ4n) is 2.48. The summed E-state index contributed by atoms with van der Waals surface area (Å²) in [5, 5.41) is 0. The average Bonchev–Trinajstić information content (AvgIpc) is 2.79. The van der Waals surface area contributed by atoms with E-state index in [0.29, 0.717) is 79.3 Å². The van der Waals surface area contributed by atoms with Gasteiger partial charge in [0.25, 0.3) is 0 Å². The predicted molar refractivity (Wildman–Crippen MR) is 151 cm³/mol. The fraction of sp³-hybridized carbons (Fsp3) is 0.923. The molecule has 0 unspecified atom stereocenters. The van der Waals surface area contributed by atoms with Gasteiger partial charge in [-0.2, -0.15) is 0 Å². The molecule has 0 aromatic carbocycles. The second-order valence-corrected chi connectivity index (χ2v) is 12.7. The van der Waals surface area contributed by atoms with Crippen molar-refractivity contribution in [3.63, 3.8) is 0 Å². The molecule has 0 rings (SSSR count). The minimum absolute atomic E-state index is 0.243. The van der Waals surface area contributed by atoms with E-state index in [9.17, 15) is 9.59 Å². The summed E-state index contributed by atoms with van der Waals surface area (Å²) in [4.78, 5) is 23.1. The lowest BCUT2D eigenvalue weighted by Gasteiger charge is -2.19. The zero-order chi connectivity index (χ0) is 28.5. The normalized spacial score (nSPS) is 12.1. The maximum atomic E-state index is 11.5. The molecule has 0 aliphatic heterocycles. The summed E-state index contributed by atoms with van der Waals surface area (Å²) in [6.45, 7) is 17.0. The largest absolute Gasteiger partial charge is 0.460 e. The zero-order valence-corrected chi connectivity index (χ0v) is 25.8. The van der Waals surface area contributed by atoms with Crippen LogP contribution >= 0.6 is 21.6 Å². The van der Waals surface area contributed by atoms with Crippen molar-refractivity contribution in [1.29, 1.82) is 0 Å². The van der Waals surface area contributed by atoms with E-state index in [1.807, 2.05) is 41.5 Å². The maximum Gasteiger partial charge on any atom is 0.308 e. The Bertz CT molecular complexity index is 529. The number of esters is 2. The first-order valence-electron chi connectivity index (χ1n) is 13.1. The molecule has 0 fully saturated rings. The van der Waals surface area contributed by atoms with Crippen LogP contribution in [0.5, 0.6) is 0 Å². The minimum atomic E-state index is -0.465. The highest BCUT2D eigenvalue weighted by molar-refractivity contribution is 8.76. The van der Waals surface area contributed by atoms with E-state index in [-0.39, 0.29) is 24.8 Å². The van der Waals surface area contributed by atoms with Gasteiger partial charge >= 0.3 is 11.9 Å². The van der Waals surface area contributed by atoms with Gasteiger partial charge in [0.1, 0.15) is 11.2 Å². The van der Waals surface area contributed by atoms with Crippen LogP contribution in [0.15, 0.2) is 0 Å². The molecule has 12 heteroatoms. The Morgan fingerprint density at radius 2 is 0.711 bits per heavy atom. The fourth-order valence-corrected chi connectivity index (χ4v) is 4.21. The van der Waals surface area contributed by atoms with Gasteiger partial charge in [-0.1, -0.05) is 21.6 Å². The van der Waals surface area contributed by atoms with E-state index in [1.165, 1.54) is 0 Å². The van der Waals surface area contributed by atoms with Crippen molar-refractivity contribution >= 4 is 33.5 Å². The topological polar surface area (TPSA) is 108 Å². The van der Waals surface area contributed by atoms with Crippen molar-refractivity contribution in [2.45, 2.75) is 65.6 Å². The zero-order valence-electron chi connectivity index (χ0n) is 24.2. The van der Waals surface area contributed by atoms with Crippen molar-refractivity contribution in [3.8, 4) is 0 Å². The van der Waals surface area contributed by atoms with Crippen LogP contribution in [-0.2, 0) is 47.5 Å². The van der Waals surface area contributed by atoms with Crippen LogP contribution in [0.3, 0.4) is 0 Å². The standard InChI is InChI=1S/C26H50O10S2/c1-25(2,3)35-23(27)7-9-29-11-13-31-15-17-33-19-21-37-38-22-20-34-18-16-32-14-12-30-10-8-24(28)36-26(4,5)6/h7-22H2,1-6H3. The van der Waals surface area contributed by atoms with E-state index in [2.05, 4.69) is 0 Å².